The number of rotatable bonds is 4. The smallest absolute Gasteiger partial charge is 0.241 e. The maximum atomic E-state index is 5.75. The van der Waals surface area contributed by atoms with Crippen LogP contribution in [0.15, 0.2) is 21.3 Å². The molecule has 0 aromatic carbocycles. The lowest BCUT2D eigenvalue weighted by Crippen LogP contribution is -2.37. The van der Waals surface area contributed by atoms with E-state index >= 15 is 0 Å². The van der Waals surface area contributed by atoms with Crippen LogP contribution >= 0.6 is 23.7 Å². The number of thiophene rings is 1. The summed E-state index contributed by atoms with van der Waals surface area (Å²) in [5, 5.41) is 8.08. The summed E-state index contributed by atoms with van der Waals surface area (Å²) in [5.41, 5.74) is 6.78. The maximum Gasteiger partial charge on any atom is 0.241 e. The molecule has 0 spiro atoms. The molecule has 2 aromatic heterocycles. The minimum Gasteiger partial charge on any atom is -0.338 e. The number of nitrogens with two attached hydrogens (primary N) is 1. The van der Waals surface area contributed by atoms with E-state index in [-0.39, 0.29) is 12.4 Å². The molecule has 1 saturated heterocycles. The summed E-state index contributed by atoms with van der Waals surface area (Å²) in [6.45, 7) is 3.62. The number of aromatic nitrogens is 2. The molecule has 20 heavy (non-hydrogen) atoms. The van der Waals surface area contributed by atoms with Gasteiger partial charge in [-0.05, 0) is 43.3 Å². The van der Waals surface area contributed by atoms with Crippen LogP contribution in [0.1, 0.15) is 18.7 Å². The van der Waals surface area contributed by atoms with Gasteiger partial charge in [-0.25, -0.2) is 0 Å². The Morgan fingerprint density at radius 3 is 3.15 bits per heavy atom. The van der Waals surface area contributed by atoms with E-state index in [0.717, 1.165) is 31.7 Å². The van der Waals surface area contributed by atoms with Crippen molar-refractivity contribution in [2.24, 2.45) is 11.7 Å². The highest BCUT2D eigenvalue weighted by molar-refractivity contribution is 7.08. The van der Waals surface area contributed by atoms with E-state index in [9.17, 15) is 0 Å². The molecule has 0 amide bonds. The van der Waals surface area contributed by atoms with Crippen LogP contribution in [0.5, 0.6) is 0 Å². The number of hydrogen-bond acceptors (Lipinski definition) is 6. The van der Waals surface area contributed by atoms with Gasteiger partial charge in [0.05, 0.1) is 6.54 Å². The van der Waals surface area contributed by atoms with Crippen molar-refractivity contribution in [3.63, 3.8) is 0 Å². The summed E-state index contributed by atoms with van der Waals surface area (Å²) in [6.07, 6.45) is 2.43. The average Bonchev–Trinajstić information content (AvgIpc) is 3.09. The highest BCUT2D eigenvalue weighted by Crippen LogP contribution is 2.21. The maximum absolute atomic E-state index is 5.75. The van der Waals surface area contributed by atoms with Crippen molar-refractivity contribution in [3.8, 4) is 11.4 Å². The van der Waals surface area contributed by atoms with Crippen molar-refractivity contribution in [1.82, 2.24) is 15.0 Å². The number of nitrogens with zero attached hydrogens (tertiary/aromatic N) is 3. The zero-order valence-corrected chi connectivity index (χ0v) is 12.8. The molecule has 0 bridgehead atoms. The molecule has 0 aliphatic carbocycles. The van der Waals surface area contributed by atoms with Gasteiger partial charge in [0.2, 0.25) is 11.7 Å². The second-order valence-electron chi connectivity index (χ2n) is 5.00. The first kappa shape index (κ1) is 15.4. The van der Waals surface area contributed by atoms with Gasteiger partial charge < -0.3 is 10.3 Å². The molecule has 1 atom stereocenters. The van der Waals surface area contributed by atoms with Gasteiger partial charge in [-0.1, -0.05) is 5.16 Å². The lowest BCUT2D eigenvalue weighted by molar-refractivity contribution is 0.153. The zero-order valence-electron chi connectivity index (χ0n) is 11.2. The van der Waals surface area contributed by atoms with Crippen LogP contribution in [0, 0.1) is 5.92 Å². The lowest BCUT2D eigenvalue weighted by Gasteiger charge is -2.30. The van der Waals surface area contributed by atoms with Gasteiger partial charge in [-0.15, -0.1) is 12.4 Å². The molecule has 110 valence electrons. The number of piperidine rings is 1. The van der Waals surface area contributed by atoms with E-state index < -0.39 is 0 Å². The second kappa shape index (κ2) is 7.17. The highest BCUT2D eigenvalue weighted by Gasteiger charge is 2.20. The average molecular weight is 315 g/mol. The summed E-state index contributed by atoms with van der Waals surface area (Å²) in [7, 11) is 0. The van der Waals surface area contributed by atoms with Crippen molar-refractivity contribution in [1.29, 1.82) is 0 Å². The number of hydrogen-bond donors (Lipinski definition) is 1. The Hall–Kier alpha value is -0.950. The SMILES string of the molecule is Cl.NCC1CCCN(Cc2nc(-c3ccsc3)no2)C1. The fraction of sp³-hybridized carbons (Fsp3) is 0.538. The molecule has 1 aliphatic rings. The Balaban J connectivity index is 0.00000147. The monoisotopic (exact) mass is 314 g/mol. The van der Waals surface area contributed by atoms with E-state index in [4.69, 9.17) is 10.3 Å². The van der Waals surface area contributed by atoms with Crippen LogP contribution in [0.4, 0.5) is 0 Å². The largest absolute Gasteiger partial charge is 0.338 e. The van der Waals surface area contributed by atoms with Crippen molar-refractivity contribution >= 4 is 23.7 Å². The Morgan fingerprint density at radius 2 is 2.40 bits per heavy atom. The molecule has 1 fully saturated rings. The summed E-state index contributed by atoms with van der Waals surface area (Å²) in [5.74, 6) is 1.98. The molecule has 0 saturated carbocycles. The van der Waals surface area contributed by atoms with Gasteiger partial charge in [0, 0.05) is 17.5 Å². The number of halogens is 1. The van der Waals surface area contributed by atoms with Crippen LogP contribution < -0.4 is 5.73 Å². The third-order valence-corrected chi connectivity index (χ3v) is 4.23. The van der Waals surface area contributed by atoms with E-state index in [0.29, 0.717) is 17.6 Å². The van der Waals surface area contributed by atoms with Crippen LogP contribution in [0.3, 0.4) is 0 Å². The van der Waals surface area contributed by atoms with E-state index in [1.807, 2.05) is 16.8 Å². The normalized spacial score (nSPS) is 19.8. The predicted octanol–water partition coefficient (Wildman–Crippen LogP) is 2.39. The molecule has 3 heterocycles. The first-order valence-electron chi connectivity index (χ1n) is 6.62. The quantitative estimate of drug-likeness (QED) is 0.938. The van der Waals surface area contributed by atoms with Crippen LogP contribution in [0.25, 0.3) is 11.4 Å². The lowest BCUT2D eigenvalue weighted by atomic mass is 9.98. The van der Waals surface area contributed by atoms with Crippen molar-refractivity contribution < 1.29 is 4.52 Å². The van der Waals surface area contributed by atoms with E-state index in [2.05, 4.69) is 15.0 Å². The fourth-order valence-corrected chi connectivity index (χ4v) is 3.14. The molecule has 5 nitrogen and oxygen atoms in total. The Kier molecular flexibility index (Phi) is 5.54. The minimum absolute atomic E-state index is 0. The highest BCUT2D eigenvalue weighted by atomic mass is 35.5. The van der Waals surface area contributed by atoms with Crippen LogP contribution in [-0.2, 0) is 6.54 Å². The first-order chi connectivity index (χ1) is 9.35. The first-order valence-corrected chi connectivity index (χ1v) is 7.57. The minimum atomic E-state index is 0. The molecular weight excluding hydrogens is 296 g/mol. The molecule has 1 unspecified atom stereocenters. The fourth-order valence-electron chi connectivity index (χ4n) is 2.51. The second-order valence-corrected chi connectivity index (χ2v) is 5.78. The topological polar surface area (TPSA) is 68.2 Å². The Bertz CT molecular complexity index is 516. The molecule has 2 N–H and O–H groups in total. The van der Waals surface area contributed by atoms with Gasteiger partial charge in [-0.2, -0.15) is 16.3 Å². The molecule has 2 aromatic rings. The number of likely N-dealkylation sites (tertiary alicyclic amines) is 1. The summed E-state index contributed by atoms with van der Waals surface area (Å²) in [6, 6.07) is 2.00. The molecule has 0 radical (unpaired) electrons. The van der Waals surface area contributed by atoms with E-state index in [1.54, 1.807) is 11.3 Å². The Labute approximate surface area is 128 Å². The van der Waals surface area contributed by atoms with E-state index in [1.165, 1.54) is 12.8 Å². The molecule has 3 rings (SSSR count). The van der Waals surface area contributed by atoms with Crippen molar-refractivity contribution in [2.45, 2.75) is 19.4 Å². The summed E-state index contributed by atoms with van der Waals surface area (Å²) >= 11 is 1.64. The van der Waals surface area contributed by atoms with Crippen molar-refractivity contribution in [2.75, 3.05) is 19.6 Å². The Morgan fingerprint density at radius 1 is 1.50 bits per heavy atom. The predicted molar refractivity (Wildman–Crippen MR) is 81.9 cm³/mol. The van der Waals surface area contributed by atoms with Gasteiger partial charge in [0.1, 0.15) is 0 Å². The summed E-state index contributed by atoms with van der Waals surface area (Å²) in [4.78, 5) is 6.81. The molecular formula is C13H19ClN4OS. The van der Waals surface area contributed by atoms with Crippen LogP contribution in [0.2, 0.25) is 0 Å². The molecule has 1 aliphatic heterocycles. The van der Waals surface area contributed by atoms with Gasteiger partial charge in [-0.3, -0.25) is 4.90 Å². The third-order valence-electron chi connectivity index (χ3n) is 3.54. The van der Waals surface area contributed by atoms with Gasteiger partial charge >= 0.3 is 0 Å². The molecule has 7 heteroatoms. The van der Waals surface area contributed by atoms with Crippen LogP contribution in [-0.4, -0.2) is 34.7 Å². The van der Waals surface area contributed by atoms with Gasteiger partial charge in [0.25, 0.3) is 0 Å². The summed E-state index contributed by atoms with van der Waals surface area (Å²) < 4.78 is 5.33. The third kappa shape index (κ3) is 3.58. The standard InChI is InChI=1S/C13H18N4OS.ClH/c14-6-10-2-1-4-17(7-10)8-12-15-13(16-18-12)11-3-5-19-9-11;/h3,5,9-10H,1-2,4,6-8,14H2;1H. The van der Waals surface area contributed by atoms with Gasteiger partial charge in [0.15, 0.2) is 0 Å². The van der Waals surface area contributed by atoms with Crippen molar-refractivity contribution in [3.05, 3.63) is 22.7 Å². The zero-order chi connectivity index (χ0) is 13.1.